The van der Waals surface area contributed by atoms with Crippen LogP contribution < -0.4 is 10.1 Å². The predicted molar refractivity (Wildman–Crippen MR) is 118 cm³/mol. The van der Waals surface area contributed by atoms with Crippen molar-refractivity contribution < 1.29 is 14.3 Å². The highest BCUT2D eigenvalue weighted by Gasteiger charge is 2.51. The maximum Gasteiger partial charge on any atom is 0.224 e. The highest BCUT2D eigenvalue weighted by atomic mass is 16.5. The number of rotatable bonds is 7. The second-order valence-electron chi connectivity index (χ2n) is 10.4. The van der Waals surface area contributed by atoms with E-state index < -0.39 is 0 Å². The van der Waals surface area contributed by atoms with Gasteiger partial charge in [0.15, 0.2) is 0 Å². The van der Waals surface area contributed by atoms with Gasteiger partial charge in [0.2, 0.25) is 5.91 Å². The first-order valence-corrected chi connectivity index (χ1v) is 11.9. The molecule has 4 saturated carbocycles. The summed E-state index contributed by atoms with van der Waals surface area (Å²) in [6.45, 7) is 7.18. The van der Waals surface area contributed by atoms with Crippen LogP contribution in [-0.4, -0.2) is 50.3 Å². The van der Waals surface area contributed by atoms with E-state index in [9.17, 15) is 4.79 Å². The average molecular weight is 413 g/mol. The molecule has 0 spiro atoms. The number of hydrogen-bond donors (Lipinski definition) is 1. The first kappa shape index (κ1) is 20.3. The van der Waals surface area contributed by atoms with Crippen molar-refractivity contribution in [3.8, 4) is 5.75 Å². The molecular formula is C25H36N2O3. The molecule has 1 aromatic rings. The minimum absolute atomic E-state index is 0.186. The summed E-state index contributed by atoms with van der Waals surface area (Å²) >= 11 is 0. The molecule has 30 heavy (non-hydrogen) atoms. The average Bonchev–Trinajstić information content (AvgIpc) is 2.70. The predicted octanol–water partition coefficient (Wildman–Crippen LogP) is 4.25. The van der Waals surface area contributed by atoms with Gasteiger partial charge in [0.25, 0.3) is 0 Å². The zero-order chi connectivity index (χ0) is 20.6. The summed E-state index contributed by atoms with van der Waals surface area (Å²) in [4.78, 5) is 15.4. The van der Waals surface area contributed by atoms with Crippen LogP contribution in [0.3, 0.4) is 0 Å². The van der Waals surface area contributed by atoms with Gasteiger partial charge in [0, 0.05) is 37.3 Å². The summed E-state index contributed by atoms with van der Waals surface area (Å²) in [5, 5.41) is 3.22. The third-order valence-corrected chi connectivity index (χ3v) is 8.03. The molecule has 1 N–H and O–H groups in total. The van der Waals surface area contributed by atoms with E-state index in [0.29, 0.717) is 13.0 Å². The van der Waals surface area contributed by atoms with E-state index in [2.05, 4.69) is 10.2 Å². The van der Waals surface area contributed by atoms with E-state index in [0.717, 1.165) is 67.6 Å². The molecule has 4 bridgehead atoms. The number of morpholine rings is 1. The van der Waals surface area contributed by atoms with Crippen molar-refractivity contribution in [3.63, 3.8) is 0 Å². The monoisotopic (exact) mass is 412 g/mol. The number of nitrogens with zero attached hydrogens (tertiary/aromatic N) is 1. The fourth-order valence-electron chi connectivity index (χ4n) is 7.06. The molecular weight excluding hydrogens is 376 g/mol. The minimum atomic E-state index is 0.186. The van der Waals surface area contributed by atoms with Gasteiger partial charge in [-0.2, -0.15) is 0 Å². The molecule has 1 aliphatic heterocycles. The van der Waals surface area contributed by atoms with Crippen LogP contribution in [0.4, 0.5) is 5.69 Å². The third kappa shape index (κ3) is 4.38. The lowest BCUT2D eigenvalue weighted by atomic mass is 9.49. The molecule has 5 nitrogen and oxygen atoms in total. The number of carbonyl (C=O) groups excluding carboxylic acids is 1. The van der Waals surface area contributed by atoms with Crippen LogP contribution in [0.5, 0.6) is 5.75 Å². The van der Waals surface area contributed by atoms with Gasteiger partial charge >= 0.3 is 0 Å². The molecule has 5 aliphatic rings. The molecule has 0 aromatic heterocycles. The van der Waals surface area contributed by atoms with Crippen molar-refractivity contribution in [1.29, 1.82) is 0 Å². The van der Waals surface area contributed by atoms with Crippen molar-refractivity contribution in [1.82, 2.24) is 4.90 Å². The van der Waals surface area contributed by atoms with Crippen LogP contribution in [0.15, 0.2) is 18.2 Å². The third-order valence-electron chi connectivity index (χ3n) is 8.03. The summed E-state index contributed by atoms with van der Waals surface area (Å²) in [7, 11) is 0. The molecule has 1 aromatic carbocycles. The van der Waals surface area contributed by atoms with Gasteiger partial charge in [-0.1, -0.05) is 6.07 Å². The summed E-state index contributed by atoms with van der Waals surface area (Å²) < 4.78 is 11.5. The second-order valence-corrected chi connectivity index (χ2v) is 10.4. The smallest absolute Gasteiger partial charge is 0.224 e. The van der Waals surface area contributed by atoms with E-state index in [-0.39, 0.29) is 11.3 Å². The molecule has 0 atom stereocenters. The fraction of sp³-hybridized carbons (Fsp3) is 0.720. The first-order valence-electron chi connectivity index (χ1n) is 11.9. The Balaban J connectivity index is 1.17. The van der Waals surface area contributed by atoms with E-state index in [1.807, 2.05) is 25.1 Å². The van der Waals surface area contributed by atoms with Crippen LogP contribution in [0.2, 0.25) is 0 Å². The Bertz CT molecular complexity index is 736. The Morgan fingerprint density at radius 2 is 1.80 bits per heavy atom. The summed E-state index contributed by atoms with van der Waals surface area (Å²) in [5.74, 6) is 3.71. The molecule has 1 saturated heterocycles. The summed E-state index contributed by atoms with van der Waals surface area (Å²) in [6.07, 6.45) is 8.78. The van der Waals surface area contributed by atoms with Gasteiger partial charge in [0.1, 0.15) is 12.4 Å². The van der Waals surface area contributed by atoms with Crippen LogP contribution in [0, 0.1) is 30.1 Å². The summed E-state index contributed by atoms with van der Waals surface area (Å²) in [5.41, 5.74) is 2.20. The molecule has 164 valence electrons. The van der Waals surface area contributed by atoms with Crippen molar-refractivity contribution in [2.24, 2.45) is 23.2 Å². The van der Waals surface area contributed by atoms with Gasteiger partial charge in [-0.15, -0.1) is 0 Å². The van der Waals surface area contributed by atoms with Gasteiger partial charge in [-0.05, 0) is 80.8 Å². The van der Waals surface area contributed by atoms with Crippen molar-refractivity contribution in [3.05, 3.63) is 23.8 Å². The molecule has 1 heterocycles. The van der Waals surface area contributed by atoms with Crippen LogP contribution >= 0.6 is 0 Å². The minimum Gasteiger partial charge on any atom is -0.492 e. The van der Waals surface area contributed by atoms with E-state index in [1.54, 1.807) is 0 Å². The highest BCUT2D eigenvalue weighted by Crippen LogP contribution is 2.61. The molecule has 5 heteroatoms. The summed E-state index contributed by atoms with van der Waals surface area (Å²) in [6, 6.07) is 5.99. The van der Waals surface area contributed by atoms with E-state index in [4.69, 9.17) is 9.47 Å². The quantitative estimate of drug-likeness (QED) is 0.727. The number of amides is 1. The van der Waals surface area contributed by atoms with Gasteiger partial charge in [-0.3, -0.25) is 9.69 Å². The molecule has 0 unspecified atom stereocenters. The van der Waals surface area contributed by atoms with Crippen LogP contribution in [-0.2, 0) is 9.53 Å². The molecule has 6 rings (SSSR count). The Kier molecular flexibility index (Phi) is 5.76. The topological polar surface area (TPSA) is 50.8 Å². The normalized spacial score (nSPS) is 32.9. The number of carbonyl (C=O) groups is 1. The van der Waals surface area contributed by atoms with Gasteiger partial charge < -0.3 is 14.8 Å². The fourth-order valence-corrected chi connectivity index (χ4v) is 7.06. The van der Waals surface area contributed by atoms with Crippen LogP contribution in [0.1, 0.15) is 50.5 Å². The van der Waals surface area contributed by atoms with E-state index >= 15 is 0 Å². The maximum atomic E-state index is 13.0. The molecule has 1 amide bonds. The van der Waals surface area contributed by atoms with Crippen molar-refractivity contribution in [2.75, 3.05) is 44.8 Å². The lowest BCUT2D eigenvalue weighted by Crippen LogP contribution is -2.47. The number of benzene rings is 1. The standard InChI is InChI=1S/C25H36N2O3/c1-18-22(3-2-4-23(18)30-10-7-27-5-8-29-9-6-27)26-24(28)17-25-14-19-11-20(15-25)13-21(12-19)16-25/h2-4,19-21H,5-17H2,1H3,(H,26,28). The van der Waals surface area contributed by atoms with Gasteiger partial charge in [-0.25, -0.2) is 0 Å². The number of ether oxygens (including phenoxy) is 2. The Labute approximate surface area is 180 Å². The molecule has 0 radical (unpaired) electrons. The highest BCUT2D eigenvalue weighted by molar-refractivity contribution is 5.92. The van der Waals surface area contributed by atoms with E-state index in [1.165, 1.54) is 38.5 Å². The lowest BCUT2D eigenvalue weighted by molar-refractivity contribution is -0.124. The first-order chi connectivity index (χ1) is 14.6. The van der Waals surface area contributed by atoms with Crippen molar-refractivity contribution in [2.45, 2.75) is 51.9 Å². The van der Waals surface area contributed by atoms with Crippen molar-refractivity contribution >= 4 is 11.6 Å². The largest absolute Gasteiger partial charge is 0.492 e. The number of nitrogens with one attached hydrogen (secondary N) is 1. The molecule has 4 aliphatic carbocycles. The van der Waals surface area contributed by atoms with Crippen LogP contribution in [0.25, 0.3) is 0 Å². The van der Waals surface area contributed by atoms with Gasteiger partial charge in [0.05, 0.1) is 13.2 Å². The second kappa shape index (κ2) is 8.51. The Hall–Kier alpha value is -1.59. The lowest BCUT2D eigenvalue weighted by Gasteiger charge is -2.56. The Morgan fingerprint density at radius 3 is 2.47 bits per heavy atom. The SMILES string of the molecule is Cc1c(NC(=O)CC23CC4CC(CC(C4)C2)C3)cccc1OCCN1CCOCC1. The Morgan fingerprint density at radius 1 is 1.13 bits per heavy atom. The number of anilines is 1. The zero-order valence-corrected chi connectivity index (χ0v) is 18.3. The maximum absolute atomic E-state index is 13.0. The zero-order valence-electron chi connectivity index (χ0n) is 18.3. The molecule has 5 fully saturated rings. The number of hydrogen-bond acceptors (Lipinski definition) is 4.